The Morgan fingerprint density at radius 2 is 2.24 bits per heavy atom. The molecule has 0 bridgehead atoms. The van der Waals surface area contributed by atoms with E-state index < -0.39 is 0 Å². The van der Waals surface area contributed by atoms with Crippen molar-refractivity contribution in [3.05, 3.63) is 5.89 Å². The zero-order chi connectivity index (χ0) is 12.7. The summed E-state index contributed by atoms with van der Waals surface area (Å²) in [4.78, 5) is 10.5. The quantitative estimate of drug-likeness (QED) is 0.569. The summed E-state index contributed by atoms with van der Waals surface area (Å²) in [5.74, 6) is 0.278. The molecule has 7 heteroatoms. The van der Waals surface area contributed by atoms with E-state index in [0.717, 1.165) is 12.8 Å². The number of amides is 1. The number of aromatic nitrogens is 2. The highest BCUT2D eigenvalue weighted by Crippen LogP contribution is 2.12. The molecule has 1 rings (SSSR count). The van der Waals surface area contributed by atoms with Crippen LogP contribution in [0.5, 0.6) is 0 Å². The third-order valence-electron chi connectivity index (χ3n) is 2.37. The lowest BCUT2D eigenvalue weighted by Crippen LogP contribution is -2.12. The number of anilines is 1. The summed E-state index contributed by atoms with van der Waals surface area (Å²) in [5.41, 5.74) is 5.03. The molecule has 0 aliphatic carbocycles. The Balaban J connectivity index is 2.23. The second-order valence-corrected chi connectivity index (χ2v) is 3.81. The Labute approximate surface area is 100 Å². The first-order valence-electron chi connectivity index (χ1n) is 5.66. The monoisotopic (exact) mass is 241 g/mol. The second kappa shape index (κ2) is 6.85. The molecule has 1 aromatic heterocycles. The zero-order valence-electron chi connectivity index (χ0n) is 10.2. The lowest BCUT2D eigenvalue weighted by molar-refractivity contribution is -0.118. The number of primary amides is 1. The molecule has 0 saturated carbocycles. The minimum absolute atomic E-state index is 0.0351. The van der Waals surface area contributed by atoms with E-state index >= 15 is 0 Å². The second-order valence-electron chi connectivity index (χ2n) is 3.81. The maximum atomic E-state index is 10.5. The lowest BCUT2D eigenvalue weighted by Gasteiger charge is -2.03. The Morgan fingerprint density at radius 1 is 1.47 bits per heavy atom. The molecule has 0 aliphatic rings. The van der Waals surface area contributed by atoms with Crippen LogP contribution in [0.15, 0.2) is 4.42 Å². The molecule has 1 unspecified atom stereocenters. The first-order valence-corrected chi connectivity index (χ1v) is 5.66. The molecule has 0 aromatic carbocycles. The smallest absolute Gasteiger partial charge is 0.315 e. The van der Waals surface area contributed by atoms with Crippen molar-refractivity contribution >= 4 is 11.9 Å². The van der Waals surface area contributed by atoms with Gasteiger partial charge in [-0.15, -0.1) is 5.10 Å². The number of unbranched alkanes of at least 4 members (excludes halogenated alkanes) is 1. The van der Waals surface area contributed by atoms with Crippen LogP contribution < -0.4 is 16.4 Å². The number of carbonyl (C=O) groups is 1. The van der Waals surface area contributed by atoms with Crippen molar-refractivity contribution < 1.29 is 9.21 Å². The van der Waals surface area contributed by atoms with Crippen LogP contribution in [0.1, 0.15) is 38.1 Å². The first kappa shape index (κ1) is 13.4. The summed E-state index contributed by atoms with van der Waals surface area (Å²) in [6.45, 7) is 2.62. The van der Waals surface area contributed by atoms with Gasteiger partial charge in [0.15, 0.2) is 0 Å². The van der Waals surface area contributed by atoms with Crippen LogP contribution in [-0.2, 0) is 4.79 Å². The summed E-state index contributed by atoms with van der Waals surface area (Å²) >= 11 is 0. The van der Waals surface area contributed by atoms with Gasteiger partial charge in [0, 0.05) is 13.0 Å². The maximum absolute atomic E-state index is 10.5. The molecular weight excluding hydrogens is 222 g/mol. The number of nitrogens with two attached hydrogens (primary N) is 1. The van der Waals surface area contributed by atoms with Crippen molar-refractivity contribution in [3.8, 4) is 0 Å². The van der Waals surface area contributed by atoms with Gasteiger partial charge in [-0.3, -0.25) is 4.79 Å². The van der Waals surface area contributed by atoms with Gasteiger partial charge in [-0.1, -0.05) is 5.10 Å². The third-order valence-corrected chi connectivity index (χ3v) is 2.37. The van der Waals surface area contributed by atoms with Gasteiger partial charge in [-0.05, 0) is 26.8 Å². The SMILES string of the molecule is CNC(C)c1nnc(NCCCCC(N)=O)o1. The van der Waals surface area contributed by atoms with Gasteiger partial charge in [-0.2, -0.15) is 0 Å². The Kier molecular flexibility index (Phi) is 5.41. The summed E-state index contributed by atoms with van der Waals surface area (Å²) in [6.07, 6.45) is 2.01. The number of nitrogens with one attached hydrogen (secondary N) is 2. The molecule has 1 aromatic rings. The molecule has 4 N–H and O–H groups in total. The topological polar surface area (TPSA) is 106 Å². The van der Waals surface area contributed by atoms with E-state index in [-0.39, 0.29) is 11.9 Å². The molecule has 0 spiro atoms. The molecule has 0 aliphatic heterocycles. The largest absolute Gasteiger partial charge is 0.406 e. The highest BCUT2D eigenvalue weighted by Gasteiger charge is 2.11. The van der Waals surface area contributed by atoms with Crippen LogP contribution in [0.2, 0.25) is 0 Å². The fourth-order valence-corrected chi connectivity index (χ4v) is 1.22. The molecule has 0 radical (unpaired) electrons. The molecule has 0 saturated heterocycles. The highest BCUT2D eigenvalue weighted by atomic mass is 16.4. The molecule has 0 fully saturated rings. The number of hydrogen-bond donors (Lipinski definition) is 3. The number of hydrogen-bond acceptors (Lipinski definition) is 6. The van der Waals surface area contributed by atoms with Crippen LogP contribution in [0.25, 0.3) is 0 Å². The minimum Gasteiger partial charge on any atom is -0.406 e. The number of carbonyl (C=O) groups excluding carboxylic acids is 1. The number of rotatable bonds is 8. The zero-order valence-corrected chi connectivity index (χ0v) is 10.2. The van der Waals surface area contributed by atoms with Gasteiger partial charge < -0.3 is 20.8 Å². The van der Waals surface area contributed by atoms with Crippen LogP contribution in [0.4, 0.5) is 6.01 Å². The van der Waals surface area contributed by atoms with E-state index in [1.54, 1.807) is 0 Å². The van der Waals surface area contributed by atoms with Gasteiger partial charge >= 0.3 is 6.01 Å². The van der Waals surface area contributed by atoms with Crippen molar-refractivity contribution in [1.29, 1.82) is 0 Å². The van der Waals surface area contributed by atoms with Crippen molar-refractivity contribution in [2.24, 2.45) is 5.73 Å². The molecule has 96 valence electrons. The normalized spacial score (nSPS) is 12.4. The first-order chi connectivity index (χ1) is 8.13. The van der Waals surface area contributed by atoms with Gasteiger partial charge in [-0.25, -0.2) is 0 Å². The lowest BCUT2D eigenvalue weighted by atomic mass is 10.2. The molecule has 1 amide bonds. The van der Waals surface area contributed by atoms with E-state index in [9.17, 15) is 4.79 Å². The van der Waals surface area contributed by atoms with Crippen LogP contribution >= 0.6 is 0 Å². The van der Waals surface area contributed by atoms with E-state index in [2.05, 4.69) is 20.8 Å². The van der Waals surface area contributed by atoms with Gasteiger partial charge in [0.05, 0.1) is 6.04 Å². The summed E-state index contributed by atoms with van der Waals surface area (Å²) in [5, 5.41) is 13.8. The van der Waals surface area contributed by atoms with E-state index in [1.165, 1.54) is 0 Å². The summed E-state index contributed by atoms with van der Waals surface area (Å²) in [7, 11) is 1.83. The van der Waals surface area contributed by atoms with Crippen molar-refractivity contribution in [1.82, 2.24) is 15.5 Å². The van der Waals surface area contributed by atoms with Gasteiger partial charge in [0.1, 0.15) is 0 Å². The molecule has 7 nitrogen and oxygen atoms in total. The van der Waals surface area contributed by atoms with Crippen LogP contribution in [0.3, 0.4) is 0 Å². The van der Waals surface area contributed by atoms with Crippen molar-refractivity contribution in [2.75, 3.05) is 18.9 Å². The molecule has 1 atom stereocenters. The fraction of sp³-hybridized carbons (Fsp3) is 0.700. The average Bonchev–Trinajstić information content (AvgIpc) is 2.76. The van der Waals surface area contributed by atoms with E-state index in [0.29, 0.717) is 24.9 Å². The van der Waals surface area contributed by atoms with E-state index in [1.807, 2.05) is 14.0 Å². The predicted molar refractivity (Wildman–Crippen MR) is 63.3 cm³/mol. The third kappa shape index (κ3) is 4.81. The minimum atomic E-state index is -0.270. The standard InChI is InChI=1S/C10H19N5O2/c1-7(12-2)9-14-15-10(17-9)13-6-4-3-5-8(11)16/h7,12H,3-6H2,1-2H3,(H2,11,16)(H,13,15). The van der Waals surface area contributed by atoms with E-state index in [4.69, 9.17) is 10.2 Å². The molecule has 17 heavy (non-hydrogen) atoms. The fourth-order valence-electron chi connectivity index (χ4n) is 1.22. The van der Waals surface area contributed by atoms with Crippen molar-refractivity contribution in [3.63, 3.8) is 0 Å². The van der Waals surface area contributed by atoms with Gasteiger partial charge in [0.25, 0.3) is 0 Å². The molecule has 1 heterocycles. The van der Waals surface area contributed by atoms with Crippen LogP contribution in [-0.4, -0.2) is 29.7 Å². The summed E-state index contributed by atoms with van der Waals surface area (Å²) < 4.78 is 5.38. The van der Waals surface area contributed by atoms with Crippen LogP contribution in [0, 0.1) is 0 Å². The Hall–Kier alpha value is -1.63. The predicted octanol–water partition coefficient (Wildman–Crippen LogP) is 0.418. The molecular formula is C10H19N5O2. The Morgan fingerprint density at radius 3 is 2.88 bits per heavy atom. The highest BCUT2D eigenvalue weighted by molar-refractivity contribution is 5.73. The Bertz CT molecular complexity index is 352. The maximum Gasteiger partial charge on any atom is 0.315 e. The average molecular weight is 241 g/mol. The summed E-state index contributed by atoms with van der Waals surface area (Å²) in [6, 6.07) is 0.439. The number of nitrogens with zero attached hydrogens (tertiary/aromatic N) is 2. The van der Waals surface area contributed by atoms with Crippen molar-refractivity contribution in [2.45, 2.75) is 32.2 Å². The van der Waals surface area contributed by atoms with Gasteiger partial charge in [0.2, 0.25) is 11.8 Å².